The first-order chi connectivity index (χ1) is 16.0. The van der Waals surface area contributed by atoms with Crippen molar-refractivity contribution in [1.82, 2.24) is 24.5 Å². The normalized spacial score (nSPS) is 11.8. The molecule has 4 N–H and O–H groups in total. The van der Waals surface area contributed by atoms with E-state index >= 15 is 0 Å². The Balaban J connectivity index is 1.95. The lowest BCUT2D eigenvalue weighted by molar-refractivity contribution is 0.0981. The Labute approximate surface area is 198 Å². The SMILES string of the molecule is CCCOc1ccn(-c2ccc(C(=O)NS(=O)(=O)c3cccc(N)n3)c(NC(C)(C)CC)n2)n1. The van der Waals surface area contributed by atoms with E-state index in [2.05, 4.69) is 20.4 Å². The van der Waals surface area contributed by atoms with Crippen LogP contribution < -0.4 is 20.5 Å². The Hall–Kier alpha value is -3.67. The molecule has 0 radical (unpaired) electrons. The number of ether oxygens (including phenoxy) is 1. The van der Waals surface area contributed by atoms with Gasteiger partial charge in [-0.25, -0.2) is 19.4 Å². The van der Waals surface area contributed by atoms with Crippen LogP contribution in [0.5, 0.6) is 5.88 Å². The maximum Gasteiger partial charge on any atom is 0.281 e. The molecule has 3 heterocycles. The molecule has 3 rings (SSSR count). The van der Waals surface area contributed by atoms with Crippen molar-refractivity contribution in [1.29, 1.82) is 0 Å². The van der Waals surface area contributed by atoms with Crippen LogP contribution in [0.3, 0.4) is 0 Å². The van der Waals surface area contributed by atoms with Gasteiger partial charge in [0.15, 0.2) is 10.8 Å². The highest BCUT2D eigenvalue weighted by Gasteiger charge is 2.25. The number of nitrogen functional groups attached to an aromatic ring is 1. The van der Waals surface area contributed by atoms with E-state index in [-0.39, 0.29) is 22.2 Å². The molecule has 34 heavy (non-hydrogen) atoms. The van der Waals surface area contributed by atoms with Crippen LogP contribution >= 0.6 is 0 Å². The molecule has 0 bridgehead atoms. The molecule has 3 aromatic heterocycles. The average Bonchev–Trinajstić information content (AvgIpc) is 3.26. The van der Waals surface area contributed by atoms with Crippen LogP contribution in [0.25, 0.3) is 5.82 Å². The molecule has 0 aromatic carbocycles. The number of aromatic nitrogens is 4. The number of sulfonamides is 1. The molecule has 0 atom stereocenters. The summed E-state index contributed by atoms with van der Waals surface area (Å²) in [5.74, 6) is 0.261. The second kappa shape index (κ2) is 10.1. The average molecular weight is 488 g/mol. The molecule has 0 unspecified atom stereocenters. The maximum atomic E-state index is 13.0. The van der Waals surface area contributed by atoms with Crippen LogP contribution in [-0.4, -0.2) is 46.2 Å². The largest absolute Gasteiger partial charge is 0.477 e. The van der Waals surface area contributed by atoms with Gasteiger partial charge in [0.25, 0.3) is 15.9 Å². The smallest absolute Gasteiger partial charge is 0.281 e. The van der Waals surface area contributed by atoms with E-state index in [1.165, 1.54) is 28.9 Å². The third-order valence-electron chi connectivity index (χ3n) is 4.97. The molecule has 0 spiro atoms. The Kier molecular flexibility index (Phi) is 7.40. The Bertz CT molecular complexity index is 1270. The minimum atomic E-state index is -4.24. The zero-order valence-electron chi connectivity index (χ0n) is 19.6. The number of anilines is 2. The van der Waals surface area contributed by atoms with E-state index in [4.69, 9.17) is 10.5 Å². The number of rotatable bonds is 10. The number of nitrogens with zero attached hydrogens (tertiary/aromatic N) is 4. The molecule has 1 amide bonds. The zero-order valence-corrected chi connectivity index (χ0v) is 20.4. The summed E-state index contributed by atoms with van der Waals surface area (Å²) in [6, 6.07) is 8.92. The van der Waals surface area contributed by atoms with Gasteiger partial charge in [0.2, 0.25) is 5.88 Å². The van der Waals surface area contributed by atoms with Gasteiger partial charge < -0.3 is 15.8 Å². The van der Waals surface area contributed by atoms with Gasteiger partial charge >= 0.3 is 0 Å². The summed E-state index contributed by atoms with van der Waals surface area (Å²) in [6.07, 6.45) is 3.27. The lowest BCUT2D eigenvalue weighted by Gasteiger charge is -2.26. The first-order valence-electron chi connectivity index (χ1n) is 10.8. The highest BCUT2D eigenvalue weighted by molar-refractivity contribution is 7.90. The van der Waals surface area contributed by atoms with Crippen LogP contribution in [0.4, 0.5) is 11.6 Å². The number of amides is 1. The van der Waals surface area contributed by atoms with Crippen molar-refractivity contribution in [3.05, 3.63) is 48.2 Å². The van der Waals surface area contributed by atoms with Crippen molar-refractivity contribution < 1.29 is 17.9 Å². The summed E-state index contributed by atoms with van der Waals surface area (Å²) >= 11 is 0. The van der Waals surface area contributed by atoms with Gasteiger partial charge in [-0.1, -0.05) is 19.9 Å². The van der Waals surface area contributed by atoms with Crippen molar-refractivity contribution in [2.75, 3.05) is 17.7 Å². The van der Waals surface area contributed by atoms with Crippen molar-refractivity contribution in [3.8, 4) is 11.7 Å². The van der Waals surface area contributed by atoms with Crippen LogP contribution in [-0.2, 0) is 10.0 Å². The van der Waals surface area contributed by atoms with E-state index in [9.17, 15) is 13.2 Å². The Morgan fingerprint density at radius 3 is 2.59 bits per heavy atom. The molecule has 3 aromatic rings. The summed E-state index contributed by atoms with van der Waals surface area (Å²) in [7, 11) is -4.24. The van der Waals surface area contributed by atoms with Crippen molar-refractivity contribution in [3.63, 3.8) is 0 Å². The highest BCUT2D eigenvalue weighted by Crippen LogP contribution is 2.23. The van der Waals surface area contributed by atoms with Gasteiger partial charge in [0.1, 0.15) is 11.6 Å². The fourth-order valence-electron chi connectivity index (χ4n) is 2.79. The zero-order chi connectivity index (χ0) is 24.9. The van der Waals surface area contributed by atoms with Crippen LogP contribution in [0.1, 0.15) is 50.9 Å². The lowest BCUT2D eigenvalue weighted by atomic mass is 10.0. The van der Waals surface area contributed by atoms with Crippen LogP contribution in [0.15, 0.2) is 47.6 Å². The number of hydrogen-bond acceptors (Lipinski definition) is 9. The van der Waals surface area contributed by atoms with Gasteiger partial charge in [-0.2, -0.15) is 8.42 Å². The fourth-order valence-corrected chi connectivity index (χ4v) is 3.73. The molecule has 0 saturated heterocycles. The maximum absolute atomic E-state index is 13.0. The topological polar surface area (TPSA) is 154 Å². The number of carbonyl (C=O) groups excluding carboxylic acids is 1. The molecule has 0 saturated carbocycles. The summed E-state index contributed by atoms with van der Waals surface area (Å²) in [4.78, 5) is 21.3. The van der Waals surface area contributed by atoms with Crippen molar-refractivity contribution in [2.45, 2.75) is 51.1 Å². The van der Waals surface area contributed by atoms with E-state index in [1.54, 1.807) is 18.3 Å². The quantitative estimate of drug-likeness (QED) is 0.391. The van der Waals surface area contributed by atoms with E-state index in [0.29, 0.717) is 18.3 Å². The summed E-state index contributed by atoms with van der Waals surface area (Å²) < 4.78 is 34.4. The van der Waals surface area contributed by atoms with E-state index < -0.39 is 21.5 Å². The Morgan fingerprint density at radius 2 is 1.91 bits per heavy atom. The van der Waals surface area contributed by atoms with Crippen LogP contribution in [0.2, 0.25) is 0 Å². The molecule has 182 valence electrons. The van der Waals surface area contributed by atoms with Crippen LogP contribution in [0, 0.1) is 0 Å². The highest BCUT2D eigenvalue weighted by atomic mass is 32.2. The molecule has 0 aliphatic rings. The third-order valence-corrected chi connectivity index (χ3v) is 6.20. The monoisotopic (exact) mass is 487 g/mol. The number of pyridine rings is 2. The molecular weight excluding hydrogens is 458 g/mol. The second-order valence-electron chi connectivity index (χ2n) is 8.21. The van der Waals surface area contributed by atoms with Crippen molar-refractivity contribution >= 4 is 27.6 Å². The number of hydrogen-bond donors (Lipinski definition) is 3. The van der Waals surface area contributed by atoms with Gasteiger partial charge in [0.05, 0.1) is 12.2 Å². The summed E-state index contributed by atoms with van der Waals surface area (Å²) in [6.45, 7) is 8.41. The predicted molar refractivity (Wildman–Crippen MR) is 128 cm³/mol. The summed E-state index contributed by atoms with van der Waals surface area (Å²) in [5.41, 5.74) is 5.21. The van der Waals surface area contributed by atoms with Gasteiger partial charge in [-0.15, -0.1) is 5.10 Å². The number of carbonyl (C=O) groups is 1. The molecule has 0 aliphatic heterocycles. The molecular formula is C22H29N7O4S. The Morgan fingerprint density at radius 1 is 1.15 bits per heavy atom. The number of nitrogens with two attached hydrogens (primary N) is 1. The first kappa shape index (κ1) is 25.0. The van der Waals surface area contributed by atoms with Gasteiger partial charge in [-0.3, -0.25) is 4.79 Å². The molecule has 0 aliphatic carbocycles. The van der Waals surface area contributed by atoms with E-state index in [0.717, 1.165) is 12.8 Å². The van der Waals surface area contributed by atoms with Gasteiger partial charge in [0, 0.05) is 17.8 Å². The number of nitrogens with one attached hydrogen (secondary N) is 2. The minimum Gasteiger partial charge on any atom is -0.477 e. The summed E-state index contributed by atoms with van der Waals surface area (Å²) in [5, 5.41) is 7.22. The van der Waals surface area contributed by atoms with E-state index in [1.807, 2.05) is 32.4 Å². The van der Waals surface area contributed by atoms with Crippen molar-refractivity contribution in [2.24, 2.45) is 0 Å². The molecule has 0 fully saturated rings. The minimum absolute atomic E-state index is 0.0231. The first-order valence-corrected chi connectivity index (χ1v) is 12.3. The predicted octanol–water partition coefficient (Wildman–Crippen LogP) is 2.75. The third kappa shape index (κ3) is 6.01. The van der Waals surface area contributed by atoms with Gasteiger partial charge in [-0.05, 0) is 51.0 Å². The second-order valence-corrected chi connectivity index (χ2v) is 9.84. The fraction of sp³-hybridized carbons (Fsp3) is 0.364. The molecule has 12 heteroatoms. The standard InChI is InChI=1S/C22H29N7O4S/c1-5-14-33-18-12-13-29(27-18)17-11-10-15(20(25-17)26-22(3,4)6-2)21(30)28-34(31,32)19-9-7-8-16(23)24-19/h7-13H,5-6,14H2,1-4H3,(H2,23,24)(H,25,26)(H,28,30). The lowest BCUT2D eigenvalue weighted by Crippen LogP contribution is -2.35. The molecule has 11 nitrogen and oxygen atoms in total.